The Balaban J connectivity index is 2.17. The first-order chi connectivity index (χ1) is 11.2. The first-order valence-corrected chi connectivity index (χ1v) is 8.44. The summed E-state index contributed by atoms with van der Waals surface area (Å²) in [5.74, 6) is 0.104. The number of rotatable bonds is 1. The normalized spacial score (nSPS) is 22.0. The van der Waals surface area contributed by atoms with Gasteiger partial charge in [-0.1, -0.05) is 18.6 Å². The van der Waals surface area contributed by atoms with Gasteiger partial charge in [-0.2, -0.15) is 0 Å². The van der Waals surface area contributed by atoms with Crippen molar-refractivity contribution in [2.75, 3.05) is 0 Å². The lowest BCUT2D eigenvalue weighted by molar-refractivity contribution is -0.113. The maximum absolute atomic E-state index is 12.2. The zero-order chi connectivity index (χ0) is 17.4. The van der Waals surface area contributed by atoms with Crippen molar-refractivity contribution in [1.82, 2.24) is 9.88 Å². The number of amides is 1. The number of aromatic hydroxyl groups is 1. The van der Waals surface area contributed by atoms with E-state index < -0.39 is 0 Å². The highest BCUT2D eigenvalue weighted by molar-refractivity contribution is 7.80. The number of aliphatic imine (C=N–C) groups is 1. The summed E-state index contributed by atoms with van der Waals surface area (Å²) in [4.78, 5) is 16.4. The number of hydrogen-bond acceptors (Lipinski definition) is 3. The minimum absolute atomic E-state index is 0.0901. The molecule has 2 aliphatic heterocycles. The van der Waals surface area contributed by atoms with Crippen molar-refractivity contribution >= 4 is 39.9 Å². The second-order valence-electron chi connectivity index (χ2n) is 7.42. The van der Waals surface area contributed by atoms with Crippen LogP contribution in [-0.2, 0) is 10.3 Å². The van der Waals surface area contributed by atoms with Crippen molar-refractivity contribution in [2.45, 2.75) is 45.6 Å². The fourth-order valence-corrected chi connectivity index (χ4v) is 4.42. The van der Waals surface area contributed by atoms with Crippen LogP contribution in [0.15, 0.2) is 17.1 Å². The third-order valence-corrected chi connectivity index (χ3v) is 5.23. The third-order valence-electron chi connectivity index (χ3n) is 5.04. The molecular weight excluding hydrogens is 322 g/mol. The zero-order valence-electron chi connectivity index (χ0n) is 14.1. The van der Waals surface area contributed by atoms with Gasteiger partial charge >= 0.3 is 0 Å². The highest BCUT2D eigenvalue weighted by Crippen LogP contribution is 2.48. The number of carbonyl (C=O) groups excluding carboxylic acids is 1. The molecule has 0 fully saturated rings. The Morgan fingerprint density at radius 2 is 2.12 bits per heavy atom. The van der Waals surface area contributed by atoms with Crippen molar-refractivity contribution < 1.29 is 9.90 Å². The third kappa shape index (κ3) is 1.89. The molecular formula is C18H19N3O2S. The lowest BCUT2D eigenvalue weighted by atomic mass is 9.82. The van der Waals surface area contributed by atoms with Crippen LogP contribution >= 0.6 is 12.2 Å². The summed E-state index contributed by atoms with van der Waals surface area (Å²) < 4.78 is 1.95. The van der Waals surface area contributed by atoms with Crippen LogP contribution in [0.4, 0.5) is 0 Å². The SMILES string of the molecule is Cc1cc2c3c(c1)c(C1=NC(=S)NC1=O)c(O)n3C(C)(C)C[C@H]2C. The Hall–Kier alpha value is -2.21. The van der Waals surface area contributed by atoms with Gasteiger partial charge in [0.15, 0.2) is 0 Å². The van der Waals surface area contributed by atoms with Gasteiger partial charge in [0, 0.05) is 10.9 Å². The first kappa shape index (κ1) is 15.3. The molecule has 4 rings (SSSR count). The molecule has 0 bridgehead atoms. The Bertz CT molecular complexity index is 969. The van der Waals surface area contributed by atoms with E-state index in [1.54, 1.807) is 0 Å². The van der Waals surface area contributed by atoms with E-state index in [0.29, 0.717) is 11.5 Å². The summed E-state index contributed by atoms with van der Waals surface area (Å²) in [7, 11) is 0. The molecule has 1 aromatic carbocycles. The molecule has 0 spiro atoms. The van der Waals surface area contributed by atoms with Crippen LogP contribution in [0.5, 0.6) is 5.88 Å². The molecule has 5 nitrogen and oxygen atoms in total. The Morgan fingerprint density at radius 3 is 2.75 bits per heavy atom. The molecule has 0 radical (unpaired) electrons. The van der Waals surface area contributed by atoms with E-state index in [1.165, 1.54) is 5.56 Å². The van der Waals surface area contributed by atoms with Crippen molar-refractivity contribution in [3.8, 4) is 5.88 Å². The summed E-state index contributed by atoms with van der Waals surface area (Å²) in [5, 5.41) is 14.5. The van der Waals surface area contributed by atoms with Gasteiger partial charge in [0.05, 0.1) is 11.1 Å². The van der Waals surface area contributed by atoms with Gasteiger partial charge in [0.25, 0.3) is 5.91 Å². The molecule has 1 atom stereocenters. The number of aryl methyl sites for hydroxylation is 1. The zero-order valence-corrected chi connectivity index (χ0v) is 14.9. The van der Waals surface area contributed by atoms with Crippen LogP contribution in [0, 0.1) is 6.92 Å². The van der Waals surface area contributed by atoms with Crippen LogP contribution in [0.2, 0.25) is 0 Å². The van der Waals surface area contributed by atoms with E-state index in [0.717, 1.165) is 22.9 Å². The van der Waals surface area contributed by atoms with Gasteiger partial charge in [0.1, 0.15) is 5.71 Å². The minimum Gasteiger partial charge on any atom is -0.494 e. The second-order valence-corrected chi connectivity index (χ2v) is 7.81. The highest BCUT2D eigenvalue weighted by Gasteiger charge is 2.39. The molecule has 0 unspecified atom stereocenters. The Labute approximate surface area is 145 Å². The number of thiocarbonyl (C=S) groups is 1. The molecule has 2 aromatic rings. The van der Waals surface area contributed by atoms with Gasteiger partial charge in [-0.3, -0.25) is 10.1 Å². The second kappa shape index (κ2) is 4.66. The lowest BCUT2D eigenvalue weighted by Crippen LogP contribution is -2.31. The van der Waals surface area contributed by atoms with Gasteiger partial charge < -0.3 is 9.67 Å². The molecule has 2 N–H and O–H groups in total. The molecule has 1 amide bonds. The average molecular weight is 341 g/mol. The number of carbonyl (C=O) groups is 1. The van der Waals surface area contributed by atoms with Crippen LogP contribution in [-0.4, -0.2) is 26.4 Å². The van der Waals surface area contributed by atoms with Crippen molar-refractivity contribution in [3.63, 3.8) is 0 Å². The number of aromatic nitrogens is 1. The molecule has 0 saturated carbocycles. The predicted octanol–water partition coefficient (Wildman–Crippen LogP) is 3.10. The fourth-order valence-electron chi connectivity index (χ4n) is 4.24. The predicted molar refractivity (Wildman–Crippen MR) is 98.0 cm³/mol. The van der Waals surface area contributed by atoms with E-state index in [-0.39, 0.29) is 28.2 Å². The topological polar surface area (TPSA) is 66.6 Å². The number of nitrogens with zero attached hydrogens (tertiary/aromatic N) is 2. The summed E-state index contributed by atoms with van der Waals surface area (Å²) in [6.07, 6.45) is 0.914. The highest BCUT2D eigenvalue weighted by atomic mass is 32.1. The van der Waals surface area contributed by atoms with Gasteiger partial charge in [-0.25, -0.2) is 4.99 Å². The summed E-state index contributed by atoms with van der Waals surface area (Å²) in [6.45, 7) is 8.45. The molecule has 24 heavy (non-hydrogen) atoms. The molecule has 3 heterocycles. The molecule has 2 aliphatic rings. The number of hydrogen-bond donors (Lipinski definition) is 2. The molecule has 0 saturated heterocycles. The lowest BCUT2D eigenvalue weighted by Gasteiger charge is -2.37. The quantitative estimate of drug-likeness (QED) is 0.783. The van der Waals surface area contributed by atoms with Crippen LogP contribution in [0.1, 0.15) is 49.8 Å². The Kier molecular flexibility index (Phi) is 2.98. The van der Waals surface area contributed by atoms with Gasteiger partial charge in [-0.15, -0.1) is 0 Å². The van der Waals surface area contributed by atoms with E-state index in [9.17, 15) is 9.90 Å². The van der Waals surface area contributed by atoms with Crippen molar-refractivity contribution in [3.05, 3.63) is 28.8 Å². The maximum atomic E-state index is 12.2. The fraction of sp³-hybridized carbons (Fsp3) is 0.389. The standard InChI is InChI=1S/C18H19N3O2S/c1-8-5-10-9(2)7-18(3,4)21-14(10)11(6-8)12(16(21)23)13-15(22)20-17(24)19-13/h5-6,9,23H,7H2,1-4H3,(H,20,22,24)/t9-/m1/s1. The average Bonchev–Trinajstić information content (AvgIpc) is 2.92. The smallest absolute Gasteiger partial charge is 0.277 e. The van der Waals surface area contributed by atoms with E-state index in [1.807, 2.05) is 17.6 Å². The van der Waals surface area contributed by atoms with E-state index in [2.05, 4.69) is 37.1 Å². The van der Waals surface area contributed by atoms with Crippen molar-refractivity contribution in [2.24, 2.45) is 4.99 Å². The van der Waals surface area contributed by atoms with Crippen LogP contribution < -0.4 is 5.32 Å². The van der Waals surface area contributed by atoms with E-state index in [4.69, 9.17) is 12.2 Å². The van der Waals surface area contributed by atoms with Gasteiger partial charge in [0.2, 0.25) is 11.0 Å². The summed E-state index contributed by atoms with van der Waals surface area (Å²) >= 11 is 4.99. The Morgan fingerprint density at radius 1 is 1.42 bits per heavy atom. The number of nitrogens with one attached hydrogen (secondary N) is 1. The molecule has 124 valence electrons. The van der Waals surface area contributed by atoms with E-state index >= 15 is 0 Å². The largest absolute Gasteiger partial charge is 0.494 e. The summed E-state index contributed by atoms with van der Waals surface area (Å²) in [6, 6.07) is 4.18. The van der Waals surface area contributed by atoms with Crippen LogP contribution in [0.25, 0.3) is 10.9 Å². The maximum Gasteiger partial charge on any atom is 0.277 e. The molecule has 6 heteroatoms. The number of benzene rings is 1. The van der Waals surface area contributed by atoms with Crippen molar-refractivity contribution in [1.29, 1.82) is 0 Å². The van der Waals surface area contributed by atoms with Gasteiger partial charge in [-0.05, 0) is 57.0 Å². The first-order valence-electron chi connectivity index (χ1n) is 8.03. The molecule has 1 aromatic heterocycles. The minimum atomic E-state index is -0.359. The monoisotopic (exact) mass is 341 g/mol. The summed E-state index contributed by atoms with van der Waals surface area (Å²) in [5.41, 5.74) is 3.72. The van der Waals surface area contributed by atoms with Crippen LogP contribution in [0.3, 0.4) is 0 Å². The molecule has 0 aliphatic carbocycles.